The normalized spacial score (nSPS) is 11.2. The fourth-order valence-electron chi connectivity index (χ4n) is 2.97. The zero-order valence-corrected chi connectivity index (χ0v) is 17.3. The summed E-state index contributed by atoms with van der Waals surface area (Å²) >= 11 is 12.7. The molecule has 1 nitrogen and oxygen atoms in total. The van der Waals surface area contributed by atoms with Crippen molar-refractivity contribution in [1.82, 2.24) is 0 Å². The Kier molecular flexibility index (Phi) is 6.59. The summed E-state index contributed by atoms with van der Waals surface area (Å²) in [6, 6.07) is 27.3. The molecule has 0 saturated carbocycles. The third kappa shape index (κ3) is 4.60. The van der Waals surface area contributed by atoms with E-state index in [-0.39, 0.29) is 0 Å². The minimum Gasteiger partial charge on any atom is -0.337 e. The quantitative estimate of drug-likeness (QED) is 0.385. The third-order valence-corrected chi connectivity index (χ3v) is 6.31. The van der Waals surface area contributed by atoms with E-state index in [0.717, 1.165) is 23.2 Å². The molecule has 4 heteroatoms. The fourth-order valence-corrected chi connectivity index (χ4v) is 4.50. The molecule has 0 spiro atoms. The number of para-hydroxylation sites is 2. The van der Waals surface area contributed by atoms with E-state index in [1.54, 1.807) is 0 Å². The molecule has 0 amide bonds. The molecule has 0 aliphatic heterocycles. The molecule has 0 unspecified atom stereocenters. The molecule has 134 valence electrons. The van der Waals surface area contributed by atoms with Gasteiger partial charge in [-0.25, -0.2) is 0 Å². The Morgan fingerprint density at radius 3 is 1.81 bits per heavy atom. The van der Waals surface area contributed by atoms with Gasteiger partial charge in [0.15, 0.2) is 0 Å². The number of anilines is 2. The van der Waals surface area contributed by atoms with Crippen molar-refractivity contribution in [3.8, 4) is 0 Å². The molecule has 0 aliphatic carbocycles. The van der Waals surface area contributed by atoms with Gasteiger partial charge in [-0.15, -0.1) is 0 Å². The number of hydrogen-bond acceptors (Lipinski definition) is 1. The zero-order valence-electron chi connectivity index (χ0n) is 14.9. The lowest BCUT2D eigenvalue weighted by molar-refractivity contribution is 0.860. The van der Waals surface area contributed by atoms with E-state index < -0.39 is 6.63 Å². The molecule has 26 heavy (non-hydrogen) atoms. The summed E-state index contributed by atoms with van der Waals surface area (Å²) in [7, 11) is 0. The average Bonchev–Trinajstić information content (AvgIpc) is 2.67. The lowest BCUT2D eigenvalue weighted by Crippen LogP contribution is -2.20. The number of rotatable bonds is 6. The summed E-state index contributed by atoms with van der Waals surface area (Å²) in [5, 5.41) is 1.03. The van der Waals surface area contributed by atoms with Gasteiger partial charge in [0.05, 0.1) is 0 Å². The largest absolute Gasteiger partial charge is 0.337 e. The van der Waals surface area contributed by atoms with Crippen LogP contribution >= 0.6 is 29.1 Å². The number of nitrogens with zero attached hydrogens (tertiary/aromatic N) is 1. The highest BCUT2D eigenvalue weighted by molar-refractivity contribution is 8.08. The first-order valence-electron chi connectivity index (χ1n) is 8.68. The van der Waals surface area contributed by atoms with Gasteiger partial charge in [0.1, 0.15) is 6.63 Å². The second kappa shape index (κ2) is 8.91. The van der Waals surface area contributed by atoms with Gasteiger partial charge in [0.2, 0.25) is 0 Å². The molecule has 0 fully saturated rings. The Balaban J connectivity index is 2.06. The molecular formula is C22H22Cl2NP. The number of hydrogen-bond donors (Lipinski definition) is 0. The van der Waals surface area contributed by atoms with Crippen LogP contribution in [0, 0.1) is 0 Å². The van der Waals surface area contributed by atoms with Crippen molar-refractivity contribution >= 4 is 45.8 Å². The first kappa shape index (κ1) is 19.2. The van der Waals surface area contributed by atoms with Crippen LogP contribution in [0.4, 0.5) is 11.4 Å². The summed E-state index contributed by atoms with van der Waals surface area (Å²) in [5.74, 6) is 0.460. The van der Waals surface area contributed by atoms with Gasteiger partial charge in [-0.2, -0.15) is 0 Å². The van der Waals surface area contributed by atoms with Crippen molar-refractivity contribution in [3.05, 3.63) is 90.0 Å². The van der Waals surface area contributed by atoms with Crippen LogP contribution < -0.4 is 10.2 Å². The molecule has 0 N–H and O–H groups in total. The molecular weight excluding hydrogens is 380 g/mol. The minimum absolute atomic E-state index is 0.460. The molecule has 0 radical (unpaired) electrons. The smallest absolute Gasteiger partial charge is 0.117 e. The first-order valence-corrected chi connectivity index (χ1v) is 11.8. The lowest BCUT2D eigenvalue weighted by Gasteiger charge is -2.27. The highest BCUT2D eigenvalue weighted by Crippen LogP contribution is 2.47. The Labute approximate surface area is 166 Å². The summed E-state index contributed by atoms with van der Waals surface area (Å²) in [4.78, 5) is 2.30. The van der Waals surface area contributed by atoms with Crippen LogP contribution in [-0.2, 0) is 6.54 Å². The van der Waals surface area contributed by atoms with Crippen molar-refractivity contribution in [2.75, 3.05) is 4.90 Å². The lowest BCUT2D eigenvalue weighted by atomic mass is 10.0. The van der Waals surface area contributed by atoms with Crippen LogP contribution in [0.3, 0.4) is 0 Å². The van der Waals surface area contributed by atoms with Gasteiger partial charge in [0, 0.05) is 23.2 Å². The van der Waals surface area contributed by atoms with Gasteiger partial charge in [-0.1, -0.05) is 90.9 Å². The summed E-state index contributed by atoms with van der Waals surface area (Å²) in [6.45, 7) is 3.93. The van der Waals surface area contributed by atoms with Gasteiger partial charge in [-0.05, 0) is 41.3 Å². The SMILES string of the molecule is CC(C)c1ccc(P(Cl)Cl)c(CN(c2ccccc2)c2ccccc2)c1. The van der Waals surface area contributed by atoms with Crippen LogP contribution in [0.1, 0.15) is 30.9 Å². The van der Waals surface area contributed by atoms with Crippen LogP contribution in [0.25, 0.3) is 0 Å². The van der Waals surface area contributed by atoms with E-state index in [0.29, 0.717) is 5.92 Å². The molecule has 0 aliphatic rings. The zero-order chi connectivity index (χ0) is 18.5. The molecule has 3 rings (SSSR count). The molecule has 0 bridgehead atoms. The maximum Gasteiger partial charge on any atom is 0.117 e. The second-order valence-electron chi connectivity index (χ2n) is 6.53. The Hall–Kier alpha value is -1.53. The monoisotopic (exact) mass is 401 g/mol. The van der Waals surface area contributed by atoms with Crippen molar-refractivity contribution in [2.45, 2.75) is 26.3 Å². The Morgan fingerprint density at radius 1 is 0.808 bits per heavy atom. The third-order valence-electron chi connectivity index (χ3n) is 4.42. The molecule has 0 atom stereocenters. The van der Waals surface area contributed by atoms with E-state index in [4.69, 9.17) is 22.5 Å². The highest BCUT2D eigenvalue weighted by atomic mass is 35.9. The summed E-state index contributed by atoms with van der Waals surface area (Å²) in [5.41, 5.74) is 4.77. The summed E-state index contributed by atoms with van der Waals surface area (Å²) in [6.07, 6.45) is 0. The van der Waals surface area contributed by atoms with Crippen LogP contribution in [0.5, 0.6) is 0 Å². The maximum atomic E-state index is 6.33. The molecule has 0 aromatic heterocycles. The van der Waals surface area contributed by atoms with Crippen molar-refractivity contribution in [3.63, 3.8) is 0 Å². The topological polar surface area (TPSA) is 3.24 Å². The molecule has 3 aromatic rings. The van der Waals surface area contributed by atoms with Gasteiger partial charge in [0.25, 0.3) is 0 Å². The maximum absolute atomic E-state index is 6.33. The highest BCUT2D eigenvalue weighted by Gasteiger charge is 2.17. The van der Waals surface area contributed by atoms with E-state index >= 15 is 0 Å². The first-order chi connectivity index (χ1) is 12.6. The Morgan fingerprint density at radius 2 is 1.35 bits per heavy atom. The molecule has 3 aromatic carbocycles. The molecule has 0 heterocycles. The van der Waals surface area contributed by atoms with Crippen LogP contribution in [-0.4, -0.2) is 0 Å². The van der Waals surface area contributed by atoms with E-state index in [1.165, 1.54) is 11.1 Å². The van der Waals surface area contributed by atoms with E-state index in [1.807, 2.05) is 12.1 Å². The summed E-state index contributed by atoms with van der Waals surface area (Å²) < 4.78 is 0. The fraction of sp³-hybridized carbons (Fsp3) is 0.182. The second-order valence-corrected chi connectivity index (χ2v) is 10.0. The van der Waals surface area contributed by atoms with Crippen molar-refractivity contribution in [1.29, 1.82) is 0 Å². The predicted octanol–water partition coefficient (Wildman–Crippen LogP) is 7.56. The number of halogens is 2. The van der Waals surface area contributed by atoms with Gasteiger partial charge >= 0.3 is 0 Å². The van der Waals surface area contributed by atoms with E-state index in [9.17, 15) is 0 Å². The van der Waals surface area contributed by atoms with Gasteiger partial charge < -0.3 is 4.90 Å². The van der Waals surface area contributed by atoms with Gasteiger partial charge in [-0.3, -0.25) is 0 Å². The molecule has 0 saturated heterocycles. The predicted molar refractivity (Wildman–Crippen MR) is 118 cm³/mol. The minimum atomic E-state index is -1.20. The standard InChI is InChI=1S/C22H22Cl2NP/c1-17(2)18-13-14-22(26(23)24)19(15-18)16-25(20-9-5-3-6-10-20)21-11-7-4-8-12-21/h3-15,17H,16H2,1-2H3. The number of benzene rings is 3. The van der Waals surface area contributed by atoms with E-state index in [2.05, 4.69) is 85.5 Å². The van der Waals surface area contributed by atoms with Crippen LogP contribution in [0.15, 0.2) is 78.9 Å². The average molecular weight is 402 g/mol. The van der Waals surface area contributed by atoms with Crippen molar-refractivity contribution in [2.24, 2.45) is 0 Å². The van der Waals surface area contributed by atoms with Crippen molar-refractivity contribution < 1.29 is 0 Å². The Bertz CT molecular complexity index is 796. The van der Waals surface area contributed by atoms with Crippen LogP contribution in [0.2, 0.25) is 0 Å².